The lowest BCUT2D eigenvalue weighted by Gasteiger charge is -2.43. The van der Waals surface area contributed by atoms with E-state index in [2.05, 4.69) is 60.3 Å². The van der Waals surface area contributed by atoms with Crippen molar-refractivity contribution in [2.24, 2.45) is 0 Å². The van der Waals surface area contributed by atoms with Crippen LogP contribution in [0.2, 0.25) is 10.2 Å². The Morgan fingerprint density at radius 1 is 1.00 bits per heavy atom. The van der Waals surface area contributed by atoms with E-state index < -0.39 is 39.2 Å². The van der Waals surface area contributed by atoms with Gasteiger partial charge in [0.25, 0.3) is 8.32 Å². The number of rotatable bonds is 14. The molecule has 0 aliphatic rings. The number of urea groups is 1. The van der Waals surface area contributed by atoms with Crippen molar-refractivity contribution >= 4 is 42.0 Å². The SMILES string of the molecule is CCN(C(=O)NCC(N(C)CCCO[Si](c1ccccc1)(c1ccccc1)C(C)(C)C)C(F)(F)F)[C@H](C)c1cccc(-c2cn3ccnc3c(Cl)n2)c1. The Bertz CT molecular complexity index is 1920. The average Bonchev–Trinajstić information content (AvgIpc) is 3.61. The predicted octanol–water partition coefficient (Wildman–Crippen LogP) is 7.97. The second-order valence-corrected chi connectivity index (χ2v) is 18.9. The van der Waals surface area contributed by atoms with E-state index in [1.807, 2.05) is 73.8 Å². The highest BCUT2D eigenvalue weighted by molar-refractivity contribution is 6.99. The normalized spacial score (nSPS) is 13.6. The standard InChI is InChI=1S/C40H48ClF3N6O2Si/c1-7-50(29(2)30-16-14-17-31(26-30)34-28-49-24-22-45-37(49)36(41)47-34)38(51)46-27-35(40(42,43)44)48(6)23-15-25-52-53(39(3,4)5,32-18-10-8-11-19-32)33-20-12-9-13-21-33/h8-14,16-22,24,26,28-29,35H,7,15,23,25,27H2,1-6H3,(H,46,51)/t29-,35?/m1/s1. The van der Waals surface area contributed by atoms with Gasteiger partial charge in [-0.15, -0.1) is 0 Å². The van der Waals surface area contributed by atoms with Gasteiger partial charge in [0.2, 0.25) is 0 Å². The molecule has 3 aromatic carbocycles. The number of likely N-dealkylation sites (N-methyl/N-ethyl adjacent to an activating group) is 1. The zero-order chi connectivity index (χ0) is 38.4. The summed E-state index contributed by atoms with van der Waals surface area (Å²) in [6.07, 6.45) is 1.04. The molecule has 2 aromatic heterocycles. The van der Waals surface area contributed by atoms with E-state index in [4.69, 9.17) is 16.0 Å². The third kappa shape index (κ3) is 8.94. The molecule has 0 radical (unpaired) electrons. The van der Waals surface area contributed by atoms with Gasteiger partial charge < -0.3 is 19.0 Å². The summed E-state index contributed by atoms with van der Waals surface area (Å²) in [5.74, 6) is 0. The molecule has 0 aliphatic heterocycles. The van der Waals surface area contributed by atoms with Crippen LogP contribution in [-0.2, 0) is 4.43 Å². The number of nitrogens with one attached hydrogen (secondary N) is 1. The molecule has 0 bridgehead atoms. The molecule has 1 unspecified atom stereocenters. The first-order valence-electron chi connectivity index (χ1n) is 17.8. The molecule has 5 aromatic rings. The summed E-state index contributed by atoms with van der Waals surface area (Å²) in [6.45, 7) is 10.3. The first-order valence-corrected chi connectivity index (χ1v) is 20.1. The Kier molecular flexibility index (Phi) is 12.7. The van der Waals surface area contributed by atoms with Crippen molar-refractivity contribution in [1.82, 2.24) is 29.5 Å². The monoisotopic (exact) mass is 764 g/mol. The number of carbonyl (C=O) groups excluding carboxylic acids is 1. The van der Waals surface area contributed by atoms with Crippen molar-refractivity contribution in [3.63, 3.8) is 0 Å². The van der Waals surface area contributed by atoms with Crippen molar-refractivity contribution in [2.75, 3.05) is 33.3 Å². The van der Waals surface area contributed by atoms with E-state index in [0.717, 1.165) is 21.5 Å². The summed E-state index contributed by atoms with van der Waals surface area (Å²) >= 11 is 6.36. The van der Waals surface area contributed by atoms with Crippen LogP contribution in [-0.4, -0.2) is 84.0 Å². The molecule has 5 rings (SSSR count). The van der Waals surface area contributed by atoms with E-state index >= 15 is 0 Å². The maximum Gasteiger partial charge on any atom is 0.405 e. The molecule has 0 saturated heterocycles. The number of hydrogen-bond acceptors (Lipinski definition) is 5. The highest BCUT2D eigenvalue weighted by Crippen LogP contribution is 2.37. The molecule has 2 heterocycles. The molecule has 2 atom stereocenters. The molecule has 8 nitrogen and oxygen atoms in total. The van der Waals surface area contributed by atoms with Crippen LogP contribution < -0.4 is 15.7 Å². The maximum absolute atomic E-state index is 14.5. The second kappa shape index (κ2) is 16.8. The van der Waals surface area contributed by atoms with Crippen molar-refractivity contribution in [1.29, 1.82) is 0 Å². The molecule has 2 amide bonds. The highest BCUT2D eigenvalue weighted by Gasteiger charge is 2.50. The van der Waals surface area contributed by atoms with Crippen molar-refractivity contribution in [2.45, 2.75) is 64.3 Å². The number of alkyl halides is 3. The molecule has 1 N–H and O–H groups in total. The first-order chi connectivity index (χ1) is 25.2. The minimum absolute atomic E-state index is 0.127. The summed E-state index contributed by atoms with van der Waals surface area (Å²) in [7, 11) is -1.38. The molecule has 282 valence electrons. The zero-order valence-corrected chi connectivity index (χ0v) is 32.8. The maximum atomic E-state index is 14.5. The van der Waals surface area contributed by atoms with Crippen LogP contribution in [0.15, 0.2) is 104 Å². The molecular weight excluding hydrogens is 717 g/mol. The Morgan fingerprint density at radius 2 is 1.64 bits per heavy atom. The fraction of sp³-hybridized carbons (Fsp3) is 0.375. The molecule has 13 heteroatoms. The summed E-state index contributed by atoms with van der Waals surface area (Å²) in [6, 6.07) is 24.9. The van der Waals surface area contributed by atoms with Crippen molar-refractivity contribution in [3.05, 3.63) is 114 Å². The van der Waals surface area contributed by atoms with Gasteiger partial charge in [-0.1, -0.05) is 111 Å². The van der Waals surface area contributed by atoms with Crippen molar-refractivity contribution in [3.8, 4) is 11.3 Å². The number of benzene rings is 3. The Balaban J connectivity index is 1.24. The lowest BCUT2D eigenvalue weighted by Crippen LogP contribution is -2.66. The number of carbonyl (C=O) groups is 1. The largest absolute Gasteiger partial charge is 0.407 e. The topological polar surface area (TPSA) is 75.0 Å². The summed E-state index contributed by atoms with van der Waals surface area (Å²) in [5, 5.41) is 4.82. The van der Waals surface area contributed by atoms with E-state index in [1.165, 1.54) is 16.8 Å². The average molecular weight is 765 g/mol. The summed E-state index contributed by atoms with van der Waals surface area (Å²) in [5.41, 5.74) is 2.74. The third-order valence-electron chi connectivity index (χ3n) is 9.81. The Labute approximate surface area is 316 Å². The van der Waals surface area contributed by atoms with Crippen LogP contribution in [0.5, 0.6) is 0 Å². The number of hydrogen-bond donors (Lipinski definition) is 1. The number of halogens is 4. The molecule has 53 heavy (non-hydrogen) atoms. The van der Waals surface area contributed by atoms with Gasteiger partial charge >= 0.3 is 12.2 Å². The lowest BCUT2D eigenvalue weighted by molar-refractivity contribution is -0.178. The Hall–Kier alpha value is -4.23. The van der Waals surface area contributed by atoms with Crippen LogP contribution in [0, 0.1) is 0 Å². The van der Waals surface area contributed by atoms with E-state index in [9.17, 15) is 18.0 Å². The van der Waals surface area contributed by atoms with E-state index in [1.54, 1.807) is 23.7 Å². The molecule has 0 saturated carbocycles. The van der Waals surface area contributed by atoms with Gasteiger partial charge in [-0.2, -0.15) is 13.2 Å². The van der Waals surface area contributed by atoms with E-state index in [-0.39, 0.29) is 29.9 Å². The van der Waals surface area contributed by atoms with Crippen LogP contribution >= 0.6 is 11.6 Å². The number of nitrogens with zero attached hydrogens (tertiary/aromatic N) is 5. The number of fused-ring (bicyclic) bond motifs is 1. The lowest BCUT2D eigenvalue weighted by atomic mass is 10.0. The van der Waals surface area contributed by atoms with Crippen LogP contribution in [0.25, 0.3) is 16.9 Å². The third-order valence-corrected chi connectivity index (χ3v) is 15.1. The number of aromatic nitrogens is 3. The van der Waals surface area contributed by atoms with Crippen LogP contribution in [0.1, 0.15) is 52.6 Å². The van der Waals surface area contributed by atoms with Crippen LogP contribution in [0.4, 0.5) is 18.0 Å². The quantitative estimate of drug-likeness (QED) is 0.0918. The highest BCUT2D eigenvalue weighted by atomic mass is 35.5. The molecule has 0 fully saturated rings. The van der Waals surface area contributed by atoms with Gasteiger partial charge in [-0.3, -0.25) is 4.90 Å². The van der Waals surface area contributed by atoms with Crippen molar-refractivity contribution < 1.29 is 22.4 Å². The van der Waals surface area contributed by atoms with Gasteiger partial charge in [0.15, 0.2) is 10.8 Å². The minimum Gasteiger partial charge on any atom is -0.407 e. The van der Waals surface area contributed by atoms with Gasteiger partial charge in [0.05, 0.1) is 11.7 Å². The zero-order valence-electron chi connectivity index (χ0n) is 31.1. The fourth-order valence-electron chi connectivity index (χ4n) is 7.03. The van der Waals surface area contributed by atoms with Gasteiger partial charge in [-0.25, -0.2) is 14.8 Å². The van der Waals surface area contributed by atoms with Gasteiger partial charge in [-0.05, 0) is 54.4 Å². The predicted molar refractivity (Wildman–Crippen MR) is 208 cm³/mol. The summed E-state index contributed by atoms with van der Waals surface area (Å²) in [4.78, 5) is 24.9. The first kappa shape index (κ1) is 40.0. The Morgan fingerprint density at radius 3 is 2.23 bits per heavy atom. The van der Waals surface area contributed by atoms with Crippen LogP contribution in [0.3, 0.4) is 0 Å². The van der Waals surface area contributed by atoms with Gasteiger partial charge in [0.1, 0.15) is 6.04 Å². The smallest absolute Gasteiger partial charge is 0.405 e. The minimum atomic E-state index is -4.57. The fourth-order valence-corrected chi connectivity index (χ4v) is 11.9. The molecular formula is C40H48ClF3N6O2Si. The number of amides is 2. The van der Waals surface area contributed by atoms with E-state index in [0.29, 0.717) is 17.8 Å². The number of imidazole rings is 1. The molecule has 0 spiro atoms. The summed E-state index contributed by atoms with van der Waals surface area (Å²) < 4.78 is 52.1. The van der Waals surface area contributed by atoms with Gasteiger partial charge in [0, 0.05) is 50.4 Å². The molecule has 0 aliphatic carbocycles. The second-order valence-electron chi connectivity index (χ2n) is 14.3.